The van der Waals surface area contributed by atoms with E-state index >= 15 is 0 Å². The number of benzene rings is 1. The second-order valence-electron chi connectivity index (χ2n) is 3.96. The van der Waals surface area contributed by atoms with Crippen LogP contribution in [0.4, 0.5) is 30.7 Å². The van der Waals surface area contributed by atoms with Gasteiger partial charge in [0.05, 0.1) is 11.0 Å². The second-order valence-corrected chi connectivity index (χ2v) is 7.89. The van der Waals surface area contributed by atoms with Gasteiger partial charge < -0.3 is 0 Å². The quantitative estimate of drug-likeness (QED) is 0.334. The molecule has 1 heterocycles. The number of aromatic nitrogens is 2. The summed E-state index contributed by atoms with van der Waals surface area (Å²) in [6, 6.07) is 2.68. The minimum atomic E-state index is -4.98. The van der Waals surface area contributed by atoms with Crippen LogP contribution in [0.15, 0.2) is 23.1 Å². The zero-order valence-electron chi connectivity index (χ0n) is 10.3. The highest BCUT2D eigenvalue weighted by molar-refractivity contribution is 8.01. The molecule has 0 aliphatic heterocycles. The lowest BCUT2D eigenvalue weighted by Crippen LogP contribution is -2.14. The number of alkyl halides is 9. The molecule has 2 aromatic rings. The Labute approximate surface area is 142 Å². The van der Waals surface area contributed by atoms with Crippen LogP contribution >= 0.6 is 46.9 Å². The number of imidazole rings is 1. The van der Waals surface area contributed by atoms with Crippen LogP contribution in [0.3, 0.4) is 0 Å². The molecule has 2 nitrogen and oxygen atoms in total. The Morgan fingerprint density at radius 1 is 1.00 bits per heavy atom. The highest BCUT2D eigenvalue weighted by atomic mass is 35.5. The molecule has 0 fully saturated rings. The van der Waals surface area contributed by atoms with Gasteiger partial charge in [-0.2, -0.15) is 30.7 Å². The van der Waals surface area contributed by atoms with E-state index in [1.165, 1.54) is 0 Å². The smallest absolute Gasteiger partial charge is 0.257 e. The van der Waals surface area contributed by atoms with Gasteiger partial charge in [-0.15, -0.1) is 0 Å². The Morgan fingerprint density at radius 3 is 2.09 bits per heavy atom. The van der Waals surface area contributed by atoms with Crippen LogP contribution in [0.1, 0.15) is 5.82 Å². The number of thioether (sulfide) groups is 1. The van der Waals surface area contributed by atoms with E-state index in [0.29, 0.717) is 0 Å². The molecule has 0 aliphatic carbocycles. The fourth-order valence-electron chi connectivity index (χ4n) is 1.61. The first-order chi connectivity index (χ1) is 10.3. The molecule has 0 amide bonds. The molecular formula is C10H3Cl2F7N2S2. The standard InChI is InChI=1S/C10H3Cl2F7N2S2/c11-9(12,16)23-21-6-2-1-4(22-10(17,18)19)3-5(6)20-7(21)8(13,14)15/h1-3H. The molecule has 0 aliphatic rings. The third kappa shape index (κ3) is 4.97. The monoisotopic (exact) mass is 418 g/mol. The molecule has 0 bridgehead atoms. The van der Waals surface area contributed by atoms with Crippen molar-refractivity contribution in [1.29, 1.82) is 0 Å². The zero-order chi connectivity index (χ0) is 17.6. The molecular weight excluding hydrogens is 416 g/mol. The van der Waals surface area contributed by atoms with E-state index in [-0.39, 0.29) is 26.3 Å². The summed E-state index contributed by atoms with van der Waals surface area (Å²) in [5.74, 6) is -1.55. The van der Waals surface area contributed by atoms with Gasteiger partial charge in [0, 0.05) is 16.8 Å². The van der Waals surface area contributed by atoms with Crippen molar-refractivity contribution >= 4 is 57.9 Å². The van der Waals surface area contributed by atoms with Crippen LogP contribution in [0, 0.1) is 0 Å². The minimum Gasteiger partial charge on any atom is -0.257 e. The van der Waals surface area contributed by atoms with Crippen molar-refractivity contribution in [3.05, 3.63) is 24.0 Å². The van der Waals surface area contributed by atoms with Gasteiger partial charge >= 0.3 is 15.6 Å². The number of nitrogens with zero attached hydrogens (tertiary/aromatic N) is 2. The summed E-state index contributed by atoms with van der Waals surface area (Å²) in [4.78, 5) is 2.85. The van der Waals surface area contributed by atoms with E-state index in [1.54, 1.807) is 0 Å². The van der Waals surface area contributed by atoms with Gasteiger partial charge in [0.1, 0.15) is 0 Å². The molecule has 128 valence electrons. The molecule has 2 rings (SSSR count). The molecule has 23 heavy (non-hydrogen) atoms. The first-order valence-corrected chi connectivity index (χ1v) is 7.72. The molecule has 0 unspecified atom stereocenters. The van der Waals surface area contributed by atoms with Crippen LogP contribution < -0.4 is 0 Å². The van der Waals surface area contributed by atoms with Crippen molar-refractivity contribution in [2.75, 3.05) is 0 Å². The van der Waals surface area contributed by atoms with Gasteiger partial charge in [0.2, 0.25) is 5.82 Å². The Bertz CT molecular complexity index is 721. The average molecular weight is 419 g/mol. The Hall–Kier alpha value is -0.520. The van der Waals surface area contributed by atoms with Crippen molar-refractivity contribution in [3.8, 4) is 0 Å². The SMILES string of the molecule is FC(F)(F)Sc1ccc2c(c1)nc(C(F)(F)F)n2SC(F)(Cl)Cl. The summed E-state index contributed by atoms with van der Waals surface area (Å²) >= 11 is 9.38. The lowest BCUT2D eigenvalue weighted by Gasteiger charge is -2.13. The fourth-order valence-corrected chi connectivity index (χ4v) is 3.29. The zero-order valence-corrected chi connectivity index (χ0v) is 13.5. The molecule has 0 saturated heterocycles. The van der Waals surface area contributed by atoms with Gasteiger partial charge in [-0.3, -0.25) is 3.97 Å². The van der Waals surface area contributed by atoms with Crippen molar-refractivity contribution in [3.63, 3.8) is 0 Å². The summed E-state index contributed by atoms with van der Waals surface area (Å²) in [6.45, 7) is 0. The summed E-state index contributed by atoms with van der Waals surface area (Å²) in [5.41, 5.74) is -5.30. The molecule has 1 aromatic carbocycles. The summed E-state index contributed by atoms with van der Waals surface area (Å²) < 4.78 is 86.2. The number of rotatable bonds is 3. The first kappa shape index (κ1) is 18.8. The van der Waals surface area contributed by atoms with Crippen LogP contribution in [-0.4, -0.2) is 18.4 Å². The topological polar surface area (TPSA) is 17.8 Å². The molecule has 0 spiro atoms. The predicted molar refractivity (Wildman–Crippen MR) is 75.2 cm³/mol. The maximum Gasteiger partial charge on any atom is 0.450 e. The van der Waals surface area contributed by atoms with Gasteiger partial charge in [0.25, 0.3) is 0 Å². The normalized spacial score (nSPS) is 13.8. The third-order valence-corrected chi connectivity index (χ3v) is 4.16. The number of hydrogen-bond donors (Lipinski definition) is 0. The van der Waals surface area contributed by atoms with Crippen LogP contribution in [0.5, 0.6) is 0 Å². The molecule has 0 atom stereocenters. The summed E-state index contributed by atoms with van der Waals surface area (Å²) in [5, 5.41) is 0. The minimum absolute atomic E-state index is 0.221. The lowest BCUT2D eigenvalue weighted by atomic mass is 10.3. The van der Waals surface area contributed by atoms with Gasteiger partial charge in [-0.25, -0.2) is 4.98 Å². The number of hydrogen-bond acceptors (Lipinski definition) is 3. The van der Waals surface area contributed by atoms with E-state index < -0.39 is 38.7 Å². The largest absolute Gasteiger partial charge is 0.450 e. The lowest BCUT2D eigenvalue weighted by molar-refractivity contribution is -0.144. The molecule has 13 heteroatoms. The van der Waals surface area contributed by atoms with Crippen molar-refractivity contribution < 1.29 is 30.7 Å². The van der Waals surface area contributed by atoms with Gasteiger partial charge in [-0.1, -0.05) is 23.2 Å². The highest BCUT2D eigenvalue weighted by Gasteiger charge is 2.40. The molecule has 1 aromatic heterocycles. The number of halogens is 9. The van der Waals surface area contributed by atoms with E-state index in [0.717, 1.165) is 18.2 Å². The van der Waals surface area contributed by atoms with E-state index in [4.69, 9.17) is 23.2 Å². The van der Waals surface area contributed by atoms with E-state index in [2.05, 4.69) is 4.98 Å². The predicted octanol–water partition coefficient (Wildman–Crippen LogP) is 6.22. The summed E-state index contributed by atoms with van der Waals surface area (Å²) in [7, 11) is 0. The van der Waals surface area contributed by atoms with Crippen molar-refractivity contribution in [1.82, 2.24) is 8.96 Å². The molecule has 0 radical (unpaired) electrons. The molecule has 0 saturated carbocycles. The van der Waals surface area contributed by atoms with Crippen LogP contribution in [-0.2, 0) is 6.18 Å². The Morgan fingerprint density at radius 2 is 1.61 bits per heavy atom. The fraction of sp³-hybridized carbons (Fsp3) is 0.300. The van der Waals surface area contributed by atoms with Crippen LogP contribution in [0.2, 0.25) is 0 Å². The molecule has 0 N–H and O–H groups in total. The maximum absolute atomic E-state index is 13.3. The summed E-state index contributed by atoms with van der Waals surface area (Å²) in [6.07, 6.45) is -4.98. The van der Waals surface area contributed by atoms with Crippen molar-refractivity contribution in [2.24, 2.45) is 0 Å². The van der Waals surface area contributed by atoms with Gasteiger partial charge in [0.15, 0.2) is 0 Å². The highest BCUT2D eigenvalue weighted by Crippen LogP contribution is 2.44. The van der Waals surface area contributed by atoms with Crippen LogP contribution in [0.25, 0.3) is 11.0 Å². The van der Waals surface area contributed by atoms with E-state index in [9.17, 15) is 30.7 Å². The third-order valence-electron chi connectivity index (χ3n) is 2.27. The first-order valence-electron chi connectivity index (χ1n) is 5.38. The van der Waals surface area contributed by atoms with Crippen molar-refractivity contribution in [2.45, 2.75) is 20.5 Å². The Balaban J connectivity index is 2.58. The van der Waals surface area contributed by atoms with Gasteiger partial charge in [-0.05, 0) is 30.0 Å². The Kier molecular flexibility index (Phi) is 4.98. The average Bonchev–Trinajstić information content (AvgIpc) is 2.62. The maximum atomic E-state index is 13.3. The van der Waals surface area contributed by atoms with E-state index in [1.807, 2.05) is 0 Å². The number of fused-ring (bicyclic) bond motifs is 1. The second kappa shape index (κ2) is 6.08.